The second kappa shape index (κ2) is 19.6. The van der Waals surface area contributed by atoms with Gasteiger partial charge in [0.05, 0.1) is 12.6 Å². The molecule has 0 saturated carbocycles. The van der Waals surface area contributed by atoms with Gasteiger partial charge in [-0.2, -0.15) is 0 Å². The smallest absolute Gasteiger partial charge is 0.331 e. The van der Waals surface area contributed by atoms with Crippen molar-refractivity contribution in [1.29, 1.82) is 0 Å². The second-order valence-corrected chi connectivity index (χ2v) is 17.1. The number of carbonyl (C=O) groups excluding carboxylic acids is 7. The predicted molar refractivity (Wildman–Crippen MR) is 209 cm³/mol. The number of likely N-dealkylation sites (N-methyl/N-ethyl adjacent to an activating group) is 1. The standard InChI is InChI=1S/C39H66N8O12/c1-10-22(4)19-26-15-16-39(56,59-25(26)7)38(8,55)37(54)43-30-31(21(2)3)58-36(53)24(6)47(57)34(51)28-14-12-17-41-45(28)29(48)20-40-32(49)23(5)44(9)33(50)27-13-11-18-42-46(27)35(30)52/h21-28,30-31,41-42,55-57H,10-20H2,1-9H3,(H,40,49)(H,43,54)/t22-,23-,24+,25+,26+,27+,28-,30-,31-,38+,39+/m0/s1. The van der Waals surface area contributed by atoms with Gasteiger partial charge in [0, 0.05) is 26.6 Å². The first-order chi connectivity index (χ1) is 27.6. The number of hydrogen-bond donors (Lipinski definition) is 7. The normalized spacial score (nSPS) is 34.1. The zero-order valence-electron chi connectivity index (χ0n) is 35.9. The van der Waals surface area contributed by atoms with E-state index in [2.05, 4.69) is 35.3 Å². The summed E-state index contributed by atoms with van der Waals surface area (Å²) in [5.74, 6) is -9.23. The summed E-state index contributed by atoms with van der Waals surface area (Å²) in [6.07, 6.45) is 1.06. The monoisotopic (exact) mass is 838 g/mol. The lowest BCUT2D eigenvalue weighted by molar-refractivity contribution is -0.326. The number of hydrazine groups is 2. The van der Waals surface area contributed by atoms with Crippen molar-refractivity contribution in [2.75, 3.05) is 26.7 Å². The van der Waals surface area contributed by atoms with Gasteiger partial charge in [0.1, 0.15) is 30.3 Å². The molecular formula is C39H66N8O12. The first-order valence-electron chi connectivity index (χ1n) is 20.9. The fourth-order valence-corrected chi connectivity index (χ4v) is 8.02. The summed E-state index contributed by atoms with van der Waals surface area (Å²) in [5.41, 5.74) is 3.05. The third kappa shape index (κ3) is 10.3. The number of nitrogens with one attached hydrogen (secondary N) is 4. The van der Waals surface area contributed by atoms with Crippen molar-refractivity contribution in [3.63, 3.8) is 0 Å². The van der Waals surface area contributed by atoms with Crippen LogP contribution in [0, 0.1) is 17.8 Å². The Balaban J connectivity index is 1.76. The van der Waals surface area contributed by atoms with Gasteiger partial charge in [0.25, 0.3) is 23.6 Å². The van der Waals surface area contributed by atoms with Crippen molar-refractivity contribution in [1.82, 2.24) is 41.5 Å². The minimum Gasteiger partial charge on any atom is -0.458 e. The van der Waals surface area contributed by atoms with Crippen molar-refractivity contribution < 1.29 is 58.5 Å². The van der Waals surface area contributed by atoms with Crippen LogP contribution in [0.25, 0.3) is 0 Å². The van der Waals surface area contributed by atoms with Crippen LogP contribution in [0.2, 0.25) is 0 Å². The van der Waals surface area contributed by atoms with Crippen molar-refractivity contribution in [3.05, 3.63) is 0 Å². The van der Waals surface area contributed by atoms with E-state index in [-0.39, 0.29) is 36.8 Å². The number of hydroxylamine groups is 2. The molecule has 6 amide bonds. The number of nitrogens with zero attached hydrogens (tertiary/aromatic N) is 4. The minimum atomic E-state index is -2.66. The topological polar surface area (TPSA) is 260 Å². The SMILES string of the molecule is CC[C@H](C)C[C@H]1CC[C@](O)([C@](C)(O)C(=O)N[C@@H]2C(=O)N3NCCC[C@@H]3C(=O)N(C)[C@@H](C)C(=O)NCC(=O)N3NCCC[C@H]3C(=O)N(O)[C@H](C)C(=O)O[C@H]2C(C)C)O[C@@H]1C. The molecular weight excluding hydrogens is 772 g/mol. The van der Waals surface area contributed by atoms with Crippen molar-refractivity contribution in [3.8, 4) is 0 Å². The van der Waals surface area contributed by atoms with E-state index >= 15 is 0 Å². The third-order valence-corrected chi connectivity index (χ3v) is 12.5. The van der Waals surface area contributed by atoms with Gasteiger partial charge in [-0.1, -0.05) is 34.1 Å². The Bertz CT molecular complexity index is 1580. The third-order valence-electron chi connectivity index (χ3n) is 12.5. The number of rotatable bonds is 7. The van der Waals surface area contributed by atoms with Crippen molar-refractivity contribution >= 4 is 41.4 Å². The number of ether oxygens (including phenoxy) is 2. The maximum absolute atomic E-state index is 14.8. The second-order valence-electron chi connectivity index (χ2n) is 17.1. The van der Waals surface area contributed by atoms with Gasteiger partial charge in [-0.3, -0.25) is 44.0 Å². The maximum Gasteiger partial charge on any atom is 0.331 e. The summed E-state index contributed by atoms with van der Waals surface area (Å²) in [5, 5.41) is 41.8. The Morgan fingerprint density at radius 3 is 2.10 bits per heavy atom. The molecule has 0 aromatic carbocycles. The first-order valence-corrected chi connectivity index (χ1v) is 20.9. The van der Waals surface area contributed by atoms with Gasteiger partial charge in [-0.25, -0.2) is 20.7 Å². The molecule has 0 radical (unpaired) electrons. The van der Waals surface area contributed by atoms with Gasteiger partial charge >= 0.3 is 5.97 Å². The maximum atomic E-state index is 14.8. The molecule has 334 valence electrons. The van der Waals surface area contributed by atoms with Crippen LogP contribution in [0.3, 0.4) is 0 Å². The Morgan fingerprint density at radius 1 is 0.932 bits per heavy atom. The van der Waals surface area contributed by atoms with Crippen LogP contribution in [0.5, 0.6) is 0 Å². The fourth-order valence-electron chi connectivity index (χ4n) is 8.02. The van der Waals surface area contributed by atoms with Crippen LogP contribution >= 0.6 is 0 Å². The molecule has 59 heavy (non-hydrogen) atoms. The van der Waals surface area contributed by atoms with Gasteiger partial charge in [0.15, 0.2) is 11.6 Å². The Labute approximate surface area is 345 Å². The quantitative estimate of drug-likeness (QED) is 0.124. The first kappa shape index (κ1) is 47.7. The summed E-state index contributed by atoms with van der Waals surface area (Å²) in [6.45, 7) is 12.7. The summed E-state index contributed by atoms with van der Waals surface area (Å²) in [7, 11) is 1.36. The lowest BCUT2D eigenvalue weighted by Crippen LogP contribution is -2.70. The molecule has 4 aliphatic heterocycles. The zero-order chi connectivity index (χ0) is 44.1. The Morgan fingerprint density at radius 2 is 1.53 bits per heavy atom. The molecule has 11 atom stereocenters. The number of hydrogen-bond acceptors (Lipinski definition) is 14. The van der Waals surface area contributed by atoms with Crippen LogP contribution in [-0.2, 0) is 43.0 Å². The number of esters is 1. The van der Waals surface area contributed by atoms with E-state index in [1.54, 1.807) is 20.8 Å². The van der Waals surface area contributed by atoms with E-state index in [0.717, 1.165) is 34.7 Å². The molecule has 4 fully saturated rings. The van der Waals surface area contributed by atoms with Crippen molar-refractivity contribution in [2.24, 2.45) is 17.8 Å². The molecule has 20 heteroatoms. The van der Waals surface area contributed by atoms with Crippen LogP contribution in [0.4, 0.5) is 0 Å². The summed E-state index contributed by atoms with van der Waals surface area (Å²) >= 11 is 0. The van der Waals surface area contributed by atoms with Crippen molar-refractivity contribution in [2.45, 2.75) is 161 Å². The number of carbonyl (C=O) groups is 7. The number of aliphatic hydroxyl groups is 2. The highest BCUT2D eigenvalue weighted by molar-refractivity contribution is 5.97. The fraction of sp³-hybridized carbons (Fsp3) is 0.821. The lowest BCUT2D eigenvalue weighted by atomic mass is 9.79. The van der Waals surface area contributed by atoms with Crippen LogP contribution in [-0.4, -0.2) is 157 Å². The Kier molecular flexibility index (Phi) is 15.9. The molecule has 0 aromatic rings. The van der Waals surface area contributed by atoms with E-state index in [1.165, 1.54) is 20.9 Å². The van der Waals surface area contributed by atoms with E-state index < -0.39 is 108 Å². The molecule has 4 rings (SSSR count). The molecule has 0 bridgehead atoms. The van der Waals surface area contributed by atoms with Gasteiger partial charge in [0.2, 0.25) is 17.6 Å². The van der Waals surface area contributed by atoms with E-state index in [4.69, 9.17) is 9.47 Å². The van der Waals surface area contributed by atoms with Gasteiger partial charge in [-0.15, -0.1) is 0 Å². The number of cyclic esters (lactones) is 1. The zero-order valence-corrected chi connectivity index (χ0v) is 35.9. The predicted octanol–water partition coefficient (Wildman–Crippen LogP) is -0.696. The molecule has 4 saturated heterocycles. The Hall–Kier alpha value is -3.95. The van der Waals surface area contributed by atoms with E-state index in [1.807, 2.05) is 0 Å². The highest BCUT2D eigenvalue weighted by Crippen LogP contribution is 2.40. The number of fused-ring (bicyclic) bond motifs is 2. The average molecular weight is 839 g/mol. The van der Waals surface area contributed by atoms with Crippen LogP contribution < -0.4 is 21.5 Å². The van der Waals surface area contributed by atoms with Crippen LogP contribution in [0.15, 0.2) is 0 Å². The highest BCUT2D eigenvalue weighted by Gasteiger charge is 2.57. The summed E-state index contributed by atoms with van der Waals surface area (Å²) < 4.78 is 11.9. The highest BCUT2D eigenvalue weighted by atomic mass is 16.6. The molecule has 0 aliphatic carbocycles. The molecule has 0 aromatic heterocycles. The molecule has 7 N–H and O–H groups in total. The van der Waals surface area contributed by atoms with Gasteiger partial charge < -0.3 is 35.2 Å². The molecule has 20 nitrogen and oxygen atoms in total. The van der Waals surface area contributed by atoms with E-state index in [9.17, 15) is 49.0 Å². The molecule has 0 unspecified atom stereocenters. The van der Waals surface area contributed by atoms with Crippen LogP contribution in [0.1, 0.15) is 107 Å². The molecule has 4 aliphatic rings. The lowest BCUT2D eigenvalue weighted by Gasteiger charge is -2.47. The molecule has 4 heterocycles. The van der Waals surface area contributed by atoms with E-state index in [0.29, 0.717) is 31.7 Å². The molecule has 0 spiro atoms. The minimum absolute atomic E-state index is 0.0472. The summed E-state index contributed by atoms with van der Waals surface area (Å²) in [4.78, 5) is 98.5. The number of amides is 6. The largest absolute Gasteiger partial charge is 0.458 e. The summed E-state index contributed by atoms with van der Waals surface area (Å²) in [6, 6.07) is -7.19. The van der Waals surface area contributed by atoms with Gasteiger partial charge in [-0.05, 0) is 84.0 Å². The average Bonchev–Trinajstić information content (AvgIpc) is 3.22.